The maximum atomic E-state index is 5.05. The fourth-order valence-corrected chi connectivity index (χ4v) is 1.26. The largest absolute Gasteiger partial charge is 0.383 e. The fourth-order valence-electron chi connectivity index (χ4n) is 1.26. The molecule has 0 saturated heterocycles. The Morgan fingerprint density at radius 1 is 1.38 bits per heavy atom. The molecule has 0 aromatic heterocycles. The van der Waals surface area contributed by atoms with Crippen molar-refractivity contribution in [2.45, 2.75) is 6.92 Å². The second kappa shape index (κ2) is 5.60. The lowest BCUT2D eigenvalue weighted by molar-refractivity contribution is 0.205. The average molecular weight is 178 g/mol. The molecule has 0 N–H and O–H groups in total. The quantitative estimate of drug-likeness (QED) is 0.683. The van der Waals surface area contributed by atoms with E-state index in [0.29, 0.717) is 0 Å². The first-order valence-corrected chi connectivity index (χ1v) is 4.58. The summed E-state index contributed by atoms with van der Waals surface area (Å²) in [5.74, 6) is 0. The van der Waals surface area contributed by atoms with Crippen LogP contribution in [0.2, 0.25) is 0 Å². The summed E-state index contributed by atoms with van der Waals surface area (Å²) in [6.45, 7) is 4.86. The molecule has 0 bridgehead atoms. The van der Waals surface area contributed by atoms with Crippen LogP contribution in [0.4, 0.5) is 5.69 Å². The molecule has 2 nitrogen and oxygen atoms in total. The van der Waals surface area contributed by atoms with E-state index in [1.54, 1.807) is 7.11 Å². The van der Waals surface area contributed by atoms with Crippen LogP contribution in [0, 0.1) is 6.07 Å². The summed E-state index contributed by atoms with van der Waals surface area (Å²) >= 11 is 0. The molecule has 0 aliphatic carbocycles. The molecule has 71 valence electrons. The van der Waals surface area contributed by atoms with Gasteiger partial charge in [-0.2, -0.15) is 0 Å². The van der Waals surface area contributed by atoms with E-state index in [-0.39, 0.29) is 0 Å². The van der Waals surface area contributed by atoms with E-state index in [1.165, 1.54) is 5.69 Å². The summed E-state index contributed by atoms with van der Waals surface area (Å²) in [6.07, 6.45) is 0. The van der Waals surface area contributed by atoms with E-state index in [2.05, 4.69) is 30.0 Å². The van der Waals surface area contributed by atoms with Gasteiger partial charge in [0.25, 0.3) is 0 Å². The van der Waals surface area contributed by atoms with Crippen molar-refractivity contribution in [1.82, 2.24) is 0 Å². The highest BCUT2D eigenvalue weighted by molar-refractivity contribution is 5.45. The van der Waals surface area contributed by atoms with Gasteiger partial charge < -0.3 is 9.64 Å². The van der Waals surface area contributed by atoms with Gasteiger partial charge in [0.2, 0.25) is 0 Å². The van der Waals surface area contributed by atoms with Gasteiger partial charge in [-0.15, -0.1) is 0 Å². The SMILES string of the molecule is CCN(CCOC)c1cc[c]cc1. The topological polar surface area (TPSA) is 12.5 Å². The molecule has 1 rings (SSSR count). The molecule has 0 aliphatic rings. The molecular formula is C11H16NO. The summed E-state index contributed by atoms with van der Waals surface area (Å²) in [4.78, 5) is 2.28. The van der Waals surface area contributed by atoms with Crippen LogP contribution in [-0.4, -0.2) is 26.8 Å². The molecular weight excluding hydrogens is 162 g/mol. The van der Waals surface area contributed by atoms with Crippen LogP contribution in [0.25, 0.3) is 0 Å². The Kier molecular flexibility index (Phi) is 4.33. The van der Waals surface area contributed by atoms with Gasteiger partial charge in [0, 0.05) is 25.9 Å². The van der Waals surface area contributed by atoms with Gasteiger partial charge in [-0.3, -0.25) is 0 Å². The summed E-state index contributed by atoms with van der Waals surface area (Å²) < 4.78 is 5.05. The van der Waals surface area contributed by atoms with E-state index < -0.39 is 0 Å². The Bertz CT molecular complexity index is 223. The van der Waals surface area contributed by atoms with Crippen molar-refractivity contribution >= 4 is 5.69 Å². The van der Waals surface area contributed by atoms with Gasteiger partial charge in [0.15, 0.2) is 0 Å². The number of anilines is 1. The summed E-state index contributed by atoms with van der Waals surface area (Å²) in [6, 6.07) is 11.0. The first-order chi connectivity index (χ1) is 6.38. The number of benzene rings is 1. The molecule has 0 aliphatic heterocycles. The number of ether oxygens (including phenoxy) is 1. The second-order valence-electron chi connectivity index (χ2n) is 2.83. The van der Waals surface area contributed by atoms with E-state index in [4.69, 9.17) is 4.74 Å². The normalized spacial score (nSPS) is 10.0. The Morgan fingerprint density at radius 2 is 2.08 bits per heavy atom. The van der Waals surface area contributed by atoms with Crippen molar-refractivity contribution in [3.05, 3.63) is 30.3 Å². The average Bonchev–Trinajstić information content (AvgIpc) is 2.21. The Hall–Kier alpha value is -1.02. The predicted molar refractivity (Wildman–Crippen MR) is 55.0 cm³/mol. The molecule has 0 saturated carbocycles. The van der Waals surface area contributed by atoms with Crippen molar-refractivity contribution in [2.75, 3.05) is 31.7 Å². The van der Waals surface area contributed by atoms with Crippen LogP contribution in [0.5, 0.6) is 0 Å². The molecule has 1 aromatic carbocycles. The zero-order chi connectivity index (χ0) is 9.52. The van der Waals surface area contributed by atoms with Crippen LogP contribution in [0.1, 0.15) is 6.92 Å². The van der Waals surface area contributed by atoms with Crippen molar-refractivity contribution in [3.8, 4) is 0 Å². The molecule has 0 spiro atoms. The minimum absolute atomic E-state index is 0.770. The van der Waals surface area contributed by atoms with Crippen LogP contribution in [-0.2, 0) is 4.74 Å². The molecule has 0 unspecified atom stereocenters. The fraction of sp³-hybridized carbons (Fsp3) is 0.455. The predicted octanol–water partition coefficient (Wildman–Crippen LogP) is 1.96. The Morgan fingerprint density at radius 3 is 2.62 bits per heavy atom. The number of hydrogen-bond donors (Lipinski definition) is 0. The molecule has 0 heterocycles. The highest BCUT2D eigenvalue weighted by atomic mass is 16.5. The van der Waals surface area contributed by atoms with Gasteiger partial charge >= 0.3 is 0 Å². The maximum Gasteiger partial charge on any atom is 0.0637 e. The van der Waals surface area contributed by atoms with E-state index in [0.717, 1.165) is 19.7 Å². The second-order valence-corrected chi connectivity index (χ2v) is 2.83. The van der Waals surface area contributed by atoms with E-state index in [9.17, 15) is 0 Å². The summed E-state index contributed by atoms with van der Waals surface area (Å²) in [5.41, 5.74) is 1.23. The lowest BCUT2D eigenvalue weighted by Gasteiger charge is -2.22. The smallest absolute Gasteiger partial charge is 0.0637 e. The van der Waals surface area contributed by atoms with Gasteiger partial charge in [-0.25, -0.2) is 0 Å². The van der Waals surface area contributed by atoms with Crippen LogP contribution in [0.3, 0.4) is 0 Å². The molecule has 13 heavy (non-hydrogen) atoms. The van der Waals surface area contributed by atoms with Crippen LogP contribution < -0.4 is 4.90 Å². The Balaban J connectivity index is 2.56. The van der Waals surface area contributed by atoms with Crippen LogP contribution >= 0.6 is 0 Å². The third-order valence-corrected chi connectivity index (χ3v) is 2.01. The molecule has 0 fully saturated rings. The van der Waals surface area contributed by atoms with Gasteiger partial charge in [-0.1, -0.05) is 12.1 Å². The number of likely N-dealkylation sites (N-methyl/N-ethyl adjacent to an activating group) is 1. The molecule has 0 amide bonds. The van der Waals surface area contributed by atoms with Crippen LogP contribution in [0.15, 0.2) is 24.3 Å². The number of methoxy groups -OCH3 is 1. The molecule has 2 heteroatoms. The number of hydrogen-bond acceptors (Lipinski definition) is 2. The minimum atomic E-state index is 0.770. The Labute approximate surface area is 80.1 Å². The highest BCUT2D eigenvalue weighted by Gasteiger charge is 2.01. The highest BCUT2D eigenvalue weighted by Crippen LogP contribution is 2.11. The third kappa shape index (κ3) is 3.07. The minimum Gasteiger partial charge on any atom is -0.383 e. The monoisotopic (exact) mass is 178 g/mol. The summed E-state index contributed by atoms with van der Waals surface area (Å²) in [5, 5.41) is 0. The van der Waals surface area contributed by atoms with Crippen molar-refractivity contribution in [2.24, 2.45) is 0 Å². The van der Waals surface area contributed by atoms with E-state index in [1.807, 2.05) is 12.1 Å². The van der Waals surface area contributed by atoms with Gasteiger partial charge in [0.1, 0.15) is 0 Å². The molecule has 1 radical (unpaired) electrons. The lowest BCUT2D eigenvalue weighted by atomic mass is 10.3. The first kappa shape index (κ1) is 10.1. The van der Waals surface area contributed by atoms with Crippen molar-refractivity contribution in [1.29, 1.82) is 0 Å². The van der Waals surface area contributed by atoms with Crippen molar-refractivity contribution < 1.29 is 4.74 Å². The molecule has 0 atom stereocenters. The maximum absolute atomic E-state index is 5.05. The molecule has 1 aromatic rings. The number of rotatable bonds is 5. The summed E-state index contributed by atoms with van der Waals surface area (Å²) in [7, 11) is 1.73. The zero-order valence-corrected chi connectivity index (χ0v) is 8.29. The van der Waals surface area contributed by atoms with E-state index >= 15 is 0 Å². The number of nitrogens with zero attached hydrogens (tertiary/aromatic N) is 1. The van der Waals surface area contributed by atoms with Gasteiger partial charge in [-0.05, 0) is 25.1 Å². The zero-order valence-electron chi connectivity index (χ0n) is 8.29. The standard InChI is InChI=1S/C11H16NO/c1-3-12(9-10-13-2)11-7-5-4-6-8-11/h5-8H,3,9-10H2,1-2H3. The third-order valence-electron chi connectivity index (χ3n) is 2.01. The van der Waals surface area contributed by atoms with Gasteiger partial charge in [0.05, 0.1) is 6.61 Å². The first-order valence-electron chi connectivity index (χ1n) is 4.58. The van der Waals surface area contributed by atoms with Crippen molar-refractivity contribution in [3.63, 3.8) is 0 Å². The lowest BCUT2D eigenvalue weighted by Crippen LogP contribution is -2.26.